The number of thioether (sulfide) groups is 1. The Hall–Kier alpha value is -1.20. The van der Waals surface area contributed by atoms with Crippen LogP contribution in [0.1, 0.15) is 26.3 Å². The Balaban J connectivity index is 2.19. The highest BCUT2D eigenvalue weighted by Crippen LogP contribution is 2.54. The van der Waals surface area contributed by atoms with Crippen LogP contribution in [0, 0.1) is 5.92 Å². The highest BCUT2D eigenvalue weighted by molar-refractivity contribution is 8.01. The number of amides is 2. The SMILES string of the molecule is CCN1C(=O)[C@]2(SCCN2C(=O)C(C)C)c2cc(Cl)ccc21. The molecule has 2 heterocycles. The summed E-state index contributed by atoms with van der Waals surface area (Å²) < 4.78 is 0. The summed E-state index contributed by atoms with van der Waals surface area (Å²) >= 11 is 7.71. The molecule has 0 aromatic heterocycles. The van der Waals surface area contributed by atoms with Gasteiger partial charge in [-0.15, -0.1) is 11.8 Å². The second-order valence-corrected chi connectivity index (χ2v) is 7.57. The lowest BCUT2D eigenvalue weighted by molar-refractivity contribution is -0.142. The highest BCUT2D eigenvalue weighted by atomic mass is 35.5. The van der Waals surface area contributed by atoms with E-state index in [-0.39, 0.29) is 17.7 Å². The minimum absolute atomic E-state index is 0.0160. The third-order valence-electron chi connectivity index (χ3n) is 4.23. The number of rotatable bonds is 2. The minimum atomic E-state index is -0.933. The van der Waals surface area contributed by atoms with Gasteiger partial charge >= 0.3 is 0 Å². The summed E-state index contributed by atoms with van der Waals surface area (Å²) in [4.78, 5) is 28.4. The average molecular weight is 339 g/mol. The fraction of sp³-hybridized carbons (Fsp3) is 0.500. The Morgan fingerprint density at radius 2 is 2.18 bits per heavy atom. The topological polar surface area (TPSA) is 40.6 Å². The first-order valence-corrected chi connectivity index (χ1v) is 8.87. The molecule has 2 aliphatic rings. The zero-order chi connectivity index (χ0) is 16.1. The van der Waals surface area contributed by atoms with Gasteiger partial charge in [0.2, 0.25) is 5.91 Å². The fourth-order valence-electron chi connectivity index (χ4n) is 3.23. The lowest BCUT2D eigenvalue weighted by Crippen LogP contribution is -2.51. The quantitative estimate of drug-likeness (QED) is 0.832. The molecule has 1 aromatic rings. The van der Waals surface area contributed by atoms with Gasteiger partial charge in [-0.05, 0) is 25.1 Å². The molecular formula is C16H19ClN2O2S. The van der Waals surface area contributed by atoms with Crippen LogP contribution in [-0.2, 0) is 14.5 Å². The fourth-order valence-corrected chi connectivity index (χ4v) is 4.87. The Labute approximate surface area is 139 Å². The number of halogens is 1. The molecule has 1 fully saturated rings. The van der Waals surface area contributed by atoms with E-state index >= 15 is 0 Å². The van der Waals surface area contributed by atoms with Crippen molar-refractivity contribution in [3.63, 3.8) is 0 Å². The number of fused-ring (bicyclic) bond motifs is 2. The van der Waals surface area contributed by atoms with Crippen molar-refractivity contribution < 1.29 is 9.59 Å². The first-order chi connectivity index (χ1) is 10.4. The zero-order valence-electron chi connectivity index (χ0n) is 12.9. The number of hydrogen-bond acceptors (Lipinski definition) is 3. The molecule has 22 heavy (non-hydrogen) atoms. The van der Waals surface area contributed by atoms with Gasteiger partial charge in [0.25, 0.3) is 5.91 Å². The summed E-state index contributed by atoms with van der Waals surface area (Å²) in [5, 5.41) is 0.591. The van der Waals surface area contributed by atoms with Crippen molar-refractivity contribution >= 4 is 40.9 Å². The van der Waals surface area contributed by atoms with Gasteiger partial charge in [-0.3, -0.25) is 9.59 Å². The Morgan fingerprint density at radius 3 is 2.82 bits per heavy atom. The summed E-state index contributed by atoms with van der Waals surface area (Å²) in [6, 6.07) is 5.51. The van der Waals surface area contributed by atoms with Crippen molar-refractivity contribution in [1.82, 2.24) is 4.90 Å². The van der Waals surface area contributed by atoms with Gasteiger partial charge in [0, 0.05) is 35.3 Å². The smallest absolute Gasteiger partial charge is 0.268 e. The van der Waals surface area contributed by atoms with Crippen LogP contribution in [0.2, 0.25) is 5.02 Å². The Bertz CT molecular complexity index is 649. The summed E-state index contributed by atoms with van der Waals surface area (Å²) in [7, 11) is 0. The van der Waals surface area contributed by atoms with Crippen LogP contribution in [0.5, 0.6) is 0 Å². The molecule has 118 valence electrons. The molecule has 0 bridgehead atoms. The van der Waals surface area contributed by atoms with Gasteiger partial charge in [-0.25, -0.2) is 0 Å². The molecule has 2 aliphatic heterocycles. The van der Waals surface area contributed by atoms with E-state index in [2.05, 4.69) is 0 Å². The molecule has 0 radical (unpaired) electrons. The largest absolute Gasteiger partial charge is 0.315 e. The third-order valence-corrected chi connectivity index (χ3v) is 5.89. The number of carbonyl (C=O) groups is 2. The standard InChI is InChI=1S/C16H19ClN2O2S/c1-4-18-13-6-5-11(17)9-12(13)16(15(18)21)19(7-8-22-16)14(20)10(2)3/h5-6,9-10H,4,7-8H2,1-3H3/t16-/m1/s1. The summed E-state index contributed by atoms with van der Waals surface area (Å²) in [5.41, 5.74) is 1.72. The van der Waals surface area contributed by atoms with E-state index in [1.54, 1.807) is 27.6 Å². The lowest BCUT2D eigenvalue weighted by Gasteiger charge is -2.34. The van der Waals surface area contributed by atoms with Crippen molar-refractivity contribution in [2.45, 2.75) is 25.6 Å². The molecule has 1 spiro atoms. The number of hydrogen-bond donors (Lipinski definition) is 0. The van der Waals surface area contributed by atoms with Gasteiger partial charge in [0.05, 0.1) is 5.69 Å². The molecule has 4 nitrogen and oxygen atoms in total. The molecule has 0 aliphatic carbocycles. The van der Waals surface area contributed by atoms with Crippen molar-refractivity contribution in [2.24, 2.45) is 5.92 Å². The first-order valence-electron chi connectivity index (χ1n) is 7.51. The third kappa shape index (κ3) is 1.98. The zero-order valence-corrected chi connectivity index (χ0v) is 14.5. The molecule has 1 aromatic carbocycles. The van der Waals surface area contributed by atoms with Gasteiger partial charge in [0.15, 0.2) is 4.87 Å². The van der Waals surface area contributed by atoms with Gasteiger partial charge in [-0.2, -0.15) is 0 Å². The number of anilines is 1. The van der Waals surface area contributed by atoms with Crippen LogP contribution in [0.25, 0.3) is 0 Å². The van der Waals surface area contributed by atoms with Crippen molar-refractivity contribution in [3.05, 3.63) is 28.8 Å². The maximum atomic E-state index is 13.1. The van der Waals surface area contributed by atoms with Crippen molar-refractivity contribution in [2.75, 3.05) is 23.7 Å². The van der Waals surface area contributed by atoms with E-state index < -0.39 is 4.87 Å². The summed E-state index contributed by atoms with van der Waals surface area (Å²) in [6.07, 6.45) is 0. The molecular weight excluding hydrogens is 320 g/mol. The van der Waals surface area contributed by atoms with Gasteiger partial charge in [-0.1, -0.05) is 25.4 Å². The molecule has 1 saturated heterocycles. The van der Waals surface area contributed by atoms with E-state index in [0.29, 0.717) is 18.1 Å². The predicted octanol–water partition coefficient (Wildman–Crippen LogP) is 3.09. The average Bonchev–Trinajstić information content (AvgIpc) is 3.02. The highest BCUT2D eigenvalue weighted by Gasteiger charge is 2.59. The molecule has 1 atom stereocenters. The minimum Gasteiger partial charge on any atom is -0.315 e. The van der Waals surface area contributed by atoms with Crippen LogP contribution in [0.15, 0.2) is 18.2 Å². The van der Waals surface area contributed by atoms with E-state index in [1.165, 1.54) is 0 Å². The van der Waals surface area contributed by atoms with Crippen molar-refractivity contribution in [3.8, 4) is 0 Å². The molecule has 3 rings (SSSR count). The molecule has 0 N–H and O–H groups in total. The first kappa shape index (κ1) is 15.7. The van der Waals surface area contributed by atoms with Crippen LogP contribution in [0.3, 0.4) is 0 Å². The van der Waals surface area contributed by atoms with E-state index in [9.17, 15) is 9.59 Å². The number of likely N-dealkylation sites (N-methyl/N-ethyl adjacent to an activating group) is 1. The maximum absolute atomic E-state index is 13.1. The molecule has 0 saturated carbocycles. The molecule has 6 heteroatoms. The maximum Gasteiger partial charge on any atom is 0.268 e. The van der Waals surface area contributed by atoms with Gasteiger partial charge < -0.3 is 9.80 Å². The van der Waals surface area contributed by atoms with Gasteiger partial charge in [0.1, 0.15) is 0 Å². The van der Waals surface area contributed by atoms with E-state index in [0.717, 1.165) is 17.0 Å². The number of carbonyl (C=O) groups excluding carboxylic acids is 2. The normalized spacial score (nSPS) is 23.8. The predicted molar refractivity (Wildman–Crippen MR) is 90.2 cm³/mol. The Morgan fingerprint density at radius 1 is 1.45 bits per heavy atom. The second kappa shape index (κ2) is 5.46. The van der Waals surface area contributed by atoms with Crippen molar-refractivity contribution in [1.29, 1.82) is 0 Å². The molecule has 0 unspecified atom stereocenters. The summed E-state index contributed by atoms with van der Waals surface area (Å²) in [5.74, 6) is 0.612. The van der Waals surface area contributed by atoms with Crippen LogP contribution in [-0.4, -0.2) is 35.6 Å². The monoisotopic (exact) mass is 338 g/mol. The Kier molecular flexibility index (Phi) is 3.89. The van der Waals surface area contributed by atoms with Crippen LogP contribution in [0.4, 0.5) is 5.69 Å². The van der Waals surface area contributed by atoms with Crippen LogP contribution >= 0.6 is 23.4 Å². The number of benzene rings is 1. The lowest BCUT2D eigenvalue weighted by atomic mass is 10.0. The number of nitrogens with zero attached hydrogens (tertiary/aromatic N) is 2. The van der Waals surface area contributed by atoms with E-state index in [4.69, 9.17) is 11.6 Å². The van der Waals surface area contributed by atoms with Crippen LogP contribution < -0.4 is 4.90 Å². The summed E-state index contributed by atoms with van der Waals surface area (Å²) in [6.45, 7) is 6.86. The molecule has 2 amide bonds. The second-order valence-electron chi connectivity index (χ2n) is 5.85. The van der Waals surface area contributed by atoms with E-state index in [1.807, 2.05) is 32.9 Å².